The zero-order valence-electron chi connectivity index (χ0n) is 16.6. The van der Waals surface area contributed by atoms with Gasteiger partial charge in [-0.3, -0.25) is 4.90 Å². The zero-order valence-corrected chi connectivity index (χ0v) is 16.6. The first-order valence-corrected chi connectivity index (χ1v) is 9.74. The molecule has 0 atom stereocenters. The first-order valence-electron chi connectivity index (χ1n) is 9.74. The average Bonchev–Trinajstić information content (AvgIpc) is 3.22. The van der Waals surface area contributed by atoms with E-state index in [1.54, 1.807) is 6.07 Å². The molecule has 2 heterocycles. The normalized spacial score (nSPS) is 15.9. The van der Waals surface area contributed by atoms with Crippen LogP contribution < -0.4 is 4.90 Å². The van der Waals surface area contributed by atoms with Gasteiger partial charge in [0.25, 0.3) is 5.89 Å². The number of hydrogen-bond donors (Lipinski definition) is 0. The number of anilines is 1. The van der Waals surface area contributed by atoms with Crippen molar-refractivity contribution in [3.63, 3.8) is 0 Å². The van der Waals surface area contributed by atoms with Crippen LogP contribution in [0.5, 0.6) is 0 Å². The highest BCUT2D eigenvalue weighted by atomic mass is 19.4. The van der Waals surface area contributed by atoms with Gasteiger partial charge in [-0.25, -0.2) is 0 Å². The lowest BCUT2D eigenvalue weighted by Gasteiger charge is -2.35. The lowest BCUT2D eigenvalue weighted by atomic mass is 10.1. The molecule has 0 bridgehead atoms. The molecule has 0 spiro atoms. The largest absolute Gasteiger partial charge is 0.416 e. The van der Waals surface area contributed by atoms with Crippen LogP contribution in [0.4, 0.5) is 32.0 Å². The molecule has 0 amide bonds. The van der Waals surface area contributed by atoms with Crippen molar-refractivity contribution in [2.75, 3.05) is 31.1 Å². The lowest BCUT2D eigenvalue weighted by Crippen LogP contribution is -2.46. The molecule has 1 aliphatic heterocycles. The van der Waals surface area contributed by atoms with Crippen molar-refractivity contribution in [3.05, 3.63) is 65.5 Å². The first-order chi connectivity index (χ1) is 15.1. The van der Waals surface area contributed by atoms with E-state index in [0.29, 0.717) is 49.8 Å². The zero-order chi connectivity index (χ0) is 22.9. The summed E-state index contributed by atoms with van der Waals surface area (Å²) in [5, 5.41) is 3.89. The third-order valence-corrected chi connectivity index (χ3v) is 5.20. The highest BCUT2D eigenvalue weighted by molar-refractivity contribution is 5.53. The van der Waals surface area contributed by atoms with Crippen molar-refractivity contribution < 1.29 is 30.9 Å². The Bertz CT molecular complexity index is 1050. The maximum atomic E-state index is 12.9. The van der Waals surface area contributed by atoms with Crippen LogP contribution in [0.1, 0.15) is 17.0 Å². The van der Waals surface area contributed by atoms with Crippen molar-refractivity contribution in [3.8, 4) is 11.5 Å². The van der Waals surface area contributed by atoms with Gasteiger partial charge in [0.05, 0.1) is 17.7 Å². The van der Waals surface area contributed by atoms with Crippen LogP contribution >= 0.6 is 0 Å². The maximum absolute atomic E-state index is 12.9. The topological polar surface area (TPSA) is 45.4 Å². The lowest BCUT2D eigenvalue weighted by molar-refractivity contribution is -0.138. The summed E-state index contributed by atoms with van der Waals surface area (Å²) in [6.45, 7) is 2.59. The van der Waals surface area contributed by atoms with E-state index in [0.717, 1.165) is 24.3 Å². The Morgan fingerprint density at radius 2 is 1.47 bits per heavy atom. The smallest absolute Gasteiger partial charge is 0.369 e. The van der Waals surface area contributed by atoms with Gasteiger partial charge in [0.2, 0.25) is 0 Å². The Labute approximate surface area is 179 Å². The van der Waals surface area contributed by atoms with E-state index in [1.807, 2.05) is 9.80 Å². The molecule has 2 aromatic carbocycles. The van der Waals surface area contributed by atoms with E-state index in [9.17, 15) is 26.3 Å². The quantitative estimate of drug-likeness (QED) is 0.512. The first kappa shape index (κ1) is 22.1. The van der Waals surface area contributed by atoms with Gasteiger partial charge in [0, 0.05) is 37.4 Å². The molecule has 1 saturated heterocycles. The molecule has 0 radical (unpaired) electrons. The van der Waals surface area contributed by atoms with Crippen LogP contribution in [-0.4, -0.2) is 41.2 Å². The summed E-state index contributed by atoms with van der Waals surface area (Å²) in [5.41, 5.74) is -0.547. The van der Waals surface area contributed by atoms with Crippen molar-refractivity contribution in [2.24, 2.45) is 0 Å². The highest BCUT2D eigenvalue weighted by Crippen LogP contribution is 2.32. The molecule has 0 saturated carbocycles. The van der Waals surface area contributed by atoms with E-state index >= 15 is 0 Å². The Balaban J connectivity index is 1.35. The Kier molecular flexibility index (Phi) is 5.85. The number of halogens is 6. The maximum Gasteiger partial charge on any atom is 0.416 e. The number of benzene rings is 2. The van der Waals surface area contributed by atoms with Gasteiger partial charge in [-0.05, 0) is 42.5 Å². The molecule has 4 rings (SSSR count). The molecule has 3 aromatic rings. The van der Waals surface area contributed by atoms with E-state index in [2.05, 4.69) is 10.1 Å². The minimum atomic E-state index is -4.42. The summed E-state index contributed by atoms with van der Waals surface area (Å²) in [5.74, 6) is 0.503. The summed E-state index contributed by atoms with van der Waals surface area (Å²) in [7, 11) is 0. The molecular formula is C21H18F6N4O. The van der Waals surface area contributed by atoms with Crippen molar-refractivity contribution in [1.29, 1.82) is 0 Å². The Morgan fingerprint density at radius 1 is 0.812 bits per heavy atom. The molecule has 170 valence electrons. The number of piperazine rings is 1. The molecular weight excluding hydrogens is 438 g/mol. The van der Waals surface area contributed by atoms with Crippen LogP contribution in [0.2, 0.25) is 0 Å². The van der Waals surface area contributed by atoms with E-state index < -0.39 is 23.5 Å². The third-order valence-electron chi connectivity index (χ3n) is 5.20. The molecule has 5 nitrogen and oxygen atoms in total. The number of hydrogen-bond acceptors (Lipinski definition) is 5. The highest BCUT2D eigenvalue weighted by Gasteiger charge is 2.31. The van der Waals surface area contributed by atoms with Crippen molar-refractivity contribution >= 4 is 5.69 Å². The average molecular weight is 456 g/mol. The molecule has 1 aliphatic rings. The summed E-state index contributed by atoms with van der Waals surface area (Å²) in [6, 6.07) is 9.68. The van der Waals surface area contributed by atoms with Gasteiger partial charge < -0.3 is 9.42 Å². The van der Waals surface area contributed by atoms with Gasteiger partial charge in [-0.2, -0.15) is 31.3 Å². The summed E-state index contributed by atoms with van der Waals surface area (Å²) >= 11 is 0. The van der Waals surface area contributed by atoms with Gasteiger partial charge in [-0.15, -0.1) is 0 Å². The molecule has 1 aromatic heterocycles. The molecule has 0 N–H and O–H groups in total. The third kappa shape index (κ3) is 5.04. The van der Waals surface area contributed by atoms with Crippen molar-refractivity contribution in [2.45, 2.75) is 18.9 Å². The fourth-order valence-corrected chi connectivity index (χ4v) is 3.48. The fourth-order valence-electron chi connectivity index (χ4n) is 3.48. The predicted octanol–water partition coefficient (Wildman–Crippen LogP) is 5.10. The Morgan fingerprint density at radius 3 is 2.09 bits per heavy atom. The summed E-state index contributed by atoms with van der Waals surface area (Å²) in [4.78, 5) is 8.16. The molecule has 11 heteroatoms. The standard InChI is InChI=1S/C21H18F6N4O/c22-20(23,24)15-6-4-14(5-7-15)19-28-18(29-32-19)13-30-8-10-31(11-9-30)17-3-1-2-16(12-17)21(25,26)27/h1-7,12H,8-11,13H2. The summed E-state index contributed by atoms with van der Waals surface area (Å²) in [6.07, 6.45) is -8.81. The van der Waals surface area contributed by atoms with Gasteiger partial charge in [-0.1, -0.05) is 11.2 Å². The van der Waals surface area contributed by atoms with Crippen molar-refractivity contribution in [1.82, 2.24) is 15.0 Å². The summed E-state index contributed by atoms with van der Waals surface area (Å²) < 4.78 is 82.0. The second-order valence-electron chi connectivity index (χ2n) is 7.40. The second-order valence-corrected chi connectivity index (χ2v) is 7.40. The molecule has 0 aliphatic carbocycles. The second kappa shape index (κ2) is 8.45. The van der Waals surface area contributed by atoms with Crippen LogP contribution in [0.25, 0.3) is 11.5 Å². The number of aromatic nitrogens is 2. The van der Waals surface area contributed by atoms with Gasteiger partial charge >= 0.3 is 12.4 Å². The van der Waals surface area contributed by atoms with Crippen LogP contribution in [0.15, 0.2) is 53.1 Å². The van der Waals surface area contributed by atoms with Crippen LogP contribution in [0, 0.1) is 0 Å². The van der Waals surface area contributed by atoms with Crippen LogP contribution in [0.3, 0.4) is 0 Å². The van der Waals surface area contributed by atoms with E-state index in [4.69, 9.17) is 4.52 Å². The monoisotopic (exact) mass is 456 g/mol. The number of nitrogens with zero attached hydrogens (tertiary/aromatic N) is 4. The molecule has 32 heavy (non-hydrogen) atoms. The number of rotatable bonds is 4. The van der Waals surface area contributed by atoms with Gasteiger partial charge in [0.15, 0.2) is 5.82 Å². The Hall–Kier alpha value is -3.08. The van der Waals surface area contributed by atoms with E-state index in [-0.39, 0.29) is 5.89 Å². The molecule has 1 fully saturated rings. The van der Waals surface area contributed by atoms with E-state index in [1.165, 1.54) is 18.2 Å². The predicted molar refractivity (Wildman–Crippen MR) is 104 cm³/mol. The van der Waals surface area contributed by atoms with Gasteiger partial charge in [0.1, 0.15) is 0 Å². The molecule has 0 unspecified atom stereocenters. The fraction of sp³-hybridized carbons (Fsp3) is 0.333. The minimum absolute atomic E-state index is 0.122. The number of alkyl halides is 6. The van der Waals surface area contributed by atoms with Crippen LogP contribution in [-0.2, 0) is 18.9 Å². The minimum Gasteiger partial charge on any atom is -0.369 e. The SMILES string of the molecule is FC(F)(F)c1ccc(-c2nc(CN3CCN(c4cccc(C(F)(F)F)c4)CC3)no2)cc1.